The van der Waals surface area contributed by atoms with Gasteiger partial charge in [-0.2, -0.15) is 0 Å². The van der Waals surface area contributed by atoms with E-state index in [4.69, 9.17) is 25.9 Å². The van der Waals surface area contributed by atoms with Gasteiger partial charge in [-0.25, -0.2) is 4.79 Å². The monoisotopic (exact) mass is 482 g/mol. The number of aliphatic hydroxyl groups excluding tert-OH is 1. The maximum absolute atomic E-state index is 11.3. The number of aliphatic hydroxyl groups is 1. The molecule has 0 aliphatic carbocycles. The molecule has 1 unspecified atom stereocenters. The van der Waals surface area contributed by atoms with E-state index in [1.54, 1.807) is 6.92 Å². The highest BCUT2D eigenvalue weighted by molar-refractivity contribution is 6.93. The molecule has 0 spiro atoms. The fourth-order valence-corrected chi connectivity index (χ4v) is 25.0. The highest BCUT2D eigenvalue weighted by atomic mass is 28.5. The van der Waals surface area contributed by atoms with Crippen molar-refractivity contribution in [3.8, 4) is 0 Å². The quantitative estimate of drug-likeness (QED) is 0.232. The molecule has 29 heavy (non-hydrogen) atoms. The van der Waals surface area contributed by atoms with E-state index in [9.17, 15) is 9.90 Å². The van der Waals surface area contributed by atoms with E-state index in [0.29, 0.717) is 12.2 Å². The molecule has 0 bridgehead atoms. The molecule has 0 aromatic heterocycles. The van der Waals surface area contributed by atoms with Crippen LogP contribution in [0.1, 0.15) is 13.3 Å². The molecule has 12 heteroatoms. The summed E-state index contributed by atoms with van der Waals surface area (Å²) >= 11 is 0. The van der Waals surface area contributed by atoms with Crippen LogP contribution in [0.2, 0.25) is 51.9 Å². The van der Waals surface area contributed by atoms with Crippen molar-refractivity contribution in [3.63, 3.8) is 0 Å². The van der Waals surface area contributed by atoms with E-state index in [0.717, 1.165) is 12.5 Å². The van der Waals surface area contributed by atoms with Gasteiger partial charge >= 0.3 is 40.2 Å². The molecular formula is C17H38O8Si4. The number of rotatable bonds is 9. The van der Waals surface area contributed by atoms with Crippen molar-refractivity contribution in [1.29, 1.82) is 0 Å². The van der Waals surface area contributed by atoms with Gasteiger partial charge in [-0.3, -0.25) is 0 Å². The van der Waals surface area contributed by atoms with E-state index in [1.165, 1.54) is 0 Å². The molecule has 1 heterocycles. The van der Waals surface area contributed by atoms with E-state index in [2.05, 4.69) is 13.1 Å². The van der Waals surface area contributed by atoms with Gasteiger partial charge in [0, 0.05) is 12.2 Å². The van der Waals surface area contributed by atoms with Crippen LogP contribution >= 0.6 is 0 Å². The summed E-state index contributed by atoms with van der Waals surface area (Å²) < 4.78 is 36.1. The normalized spacial score (nSPS) is 23.5. The zero-order valence-corrected chi connectivity index (χ0v) is 23.1. The first-order valence-electron chi connectivity index (χ1n) is 9.94. The van der Waals surface area contributed by atoms with Crippen molar-refractivity contribution in [3.05, 3.63) is 12.2 Å². The lowest BCUT2D eigenvalue weighted by atomic mass is 10.3. The third-order valence-electron chi connectivity index (χ3n) is 3.89. The minimum absolute atomic E-state index is 0.0932. The van der Waals surface area contributed by atoms with Crippen molar-refractivity contribution < 1.29 is 35.8 Å². The third-order valence-corrected chi connectivity index (χ3v) is 20.4. The SMILES string of the molecule is C=C(C)C(=O)OCC(O)COCCC[Si]1(C)O[Si](C)(C)O[Si](C)(C)O[Si](C)(C)O1. The Morgan fingerprint density at radius 1 is 0.931 bits per heavy atom. The van der Waals surface area contributed by atoms with Gasteiger partial charge in [0.05, 0.1) is 6.61 Å². The Balaban J connectivity index is 2.48. The van der Waals surface area contributed by atoms with Crippen LogP contribution in [0.4, 0.5) is 0 Å². The van der Waals surface area contributed by atoms with Crippen molar-refractivity contribution in [2.45, 2.75) is 71.3 Å². The average Bonchev–Trinajstić information content (AvgIpc) is 2.46. The number of esters is 1. The van der Waals surface area contributed by atoms with Crippen molar-refractivity contribution in [2.75, 3.05) is 19.8 Å². The van der Waals surface area contributed by atoms with Gasteiger partial charge in [0.2, 0.25) is 0 Å². The summed E-state index contributed by atoms with van der Waals surface area (Å²) in [5.74, 6) is -0.518. The molecule has 170 valence electrons. The summed E-state index contributed by atoms with van der Waals surface area (Å²) in [6.07, 6.45) is -0.136. The zero-order chi connectivity index (χ0) is 22.5. The van der Waals surface area contributed by atoms with Crippen LogP contribution in [0.3, 0.4) is 0 Å². The second-order valence-electron chi connectivity index (χ2n) is 8.95. The molecule has 1 atom stereocenters. The van der Waals surface area contributed by atoms with Crippen LogP contribution in [0.25, 0.3) is 0 Å². The van der Waals surface area contributed by atoms with Crippen molar-refractivity contribution in [1.82, 2.24) is 0 Å². The summed E-state index contributed by atoms with van der Waals surface area (Å²) in [4.78, 5) is 11.3. The van der Waals surface area contributed by atoms with Crippen LogP contribution < -0.4 is 0 Å². The molecule has 1 aliphatic heterocycles. The summed E-state index contributed by atoms with van der Waals surface area (Å²) in [6, 6.07) is 0.745. The number of carbonyl (C=O) groups is 1. The van der Waals surface area contributed by atoms with Gasteiger partial charge < -0.3 is 31.0 Å². The Morgan fingerprint density at radius 2 is 1.41 bits per heavy atom. The average molecular weight is 483 g/mol. The molecule has 1 saturated heterocycles. The van der Waals surface area contributed by atoms with E-state index in [1.807, 2.05) is 39.3 Å². The highest BCUT2D eigenvalue weighted by Crippen LogP contribution is 2.32. The molecular weight excluding hydrogens is 445 g/mol. The summed E-state index contributed by atoms with van der Waals surface area (Å²) in [6.45, 7) is 19.8. The van der Waals surface area contributed by atoms with Crippen LogP contribution in [-0.4, -0.2) is 71.2 Å². The fraction of sp³-hybridized carbons (Fsp3) is 0.824. The van der Waals surface area contributed by atoms with Gasteiger partial charge in [-0.05, 0) is 65.2 Å². The lowest BCUT2D eigenvalue weighted by Crippen LogP contribution is -2.65. The van der Waals surface area contributed by atoms with Crippen molar-refractivity contribution >= 4 is 40.2 Å². The number of carbonyl (C=O) groups excluding carboxylic acids is 1. The Labute approximate surface area is 179 Å². The maximum Gasteiger partial charge on any atom is 0.333 e. The minimum Gasteiger partial charge on any atom is -0.460 e. The lowest BCUT2D eigenvalue weighted by molar-refractivity contribution is -0.143. The van der Waals surface area contributed by atoms with E-state index >= 15 is 0 Å². The first-order valence-corrected chi connectivity index (χ1v) is 20.9. The molecule has 0 amide bonds. The Morgan fingerprint density at radius 3 is 1.90 bits per heavy atom. The minimum atomic E-state index is -2.50. The molecule has 1 N–H and O–H groups in total. The Hall–Kier alpha value is -0.162. The lowest BCUT2D eigenvalue weighted by Gasteiger charge is -2.47. The number of hydrogen-bond acceptors (Lipinski definition) is 8. The predicted molar refractivity (Wildman–Crippen MR) is 120 cm³/mol. The zero-order valence-electron chi connectivity index (χ0n) is 19.1. The molecule has 0 aromatic rings. The molecule has 1 rings (SSSR count). The molecule has 8 nitrogen and oxygen atoms in total. The number of hydrogen-bond donors (Lipinski definition) is 1. The Bertz CT molecular complexity index is 560. The standard InChI is InChI=1S/C17H38O8Si4/c1-15(2)17(19)21-14-16(18)13-20-11-10-12-29(9)24-27(5,6)22-26(3,4)23-28(7,8)25-29/h16,18H,1,10-14H2,2-9H3. The summed E-state index contributed by atoms with van der Waals surface area (Å²) in [5.41, 5.74) is 0.299. The second kappa shape index (κ2) is 10.4. The van der Waals surface area contributed by atoms with Crippen molar-refractivity contribution in [2.24, 2.45) is 0 Å². The van der Waals surface area contributed by atoms with E-state index in [-0.39, 0.29) is 13.2 Å². The van der Waals surface area contributed by atoms with Crippen LogP contribution in [0.5, 0.6) is 0 Å². The molecule has 1 aliphatic rings. The Kier molecular flexibility index (Phi) is 9.67. The topological polar surface area (TPSA) is 92.7 Å². The third kappa shape index (κ3) is 10.6. The second-order valence-corrected chi connectivity index (χ2v) is 23.4. The summed E-state index contributed by atoms with van der Waals surface area (Å²) in [7, 11) is -9.51. The predicted octanol–water partition coefficient (Wildman–Crippen LogP) is 3.13. The van der Waals surface area contributed by atoms with Gasteiger partial charge in [0.15, 0.2) is 0 Å². The molecule has 0 saturated carbocycles. The molecule has 0 radical (unpaired) electrons. The highest BCUT2D eigenvalue weighted by Gasteiger charge is 2.52. The smallest absolute Gasteiger partial charge is 0.333 e. The van der Waals surface area contributed by atoms with Crippen LogP contribution in [-0.2, 0) is 30.7 Å². The number of ether oxygens (including phenoxy) is 2. The summed E-state index contributed by atoms with van der Waals surface area (Å²) in [5, 5.41) is 9.84. The maximum atomic E-state index is 11.3. The molecule has 0 aromatic carbocycles. The van der Waals surface area contributed by atoms with Crippen LogP contribution in [0, 0.1) is 0 Å². The van der Waals surface area contributed by atoms with Gasteiger partial charge in [-0.1, -0.05) is 6.58 Å². The van der Waals surface area contributed by atoms with Gasteiger partial charge in [0.1, 0.15) is 12.7 Å². The largest absolute Gasteiger partial charge is 0.460 e. The fourth-order valence-electron chi connectivity index (χ4n) is 3.47. The van der Waals surface area contributed by atoms with E-state index < -0.39 is 46.3 Å². The first-order chi connectivity index (χ1) is 13.0. The van der Waals surface area contributed by atoms with Gasteiger partial charge in [0.25, 0.3) is 0 Å². The molecule has 1 fully saturated rings. The van der Waals surface area contributed by atoms with Crippen LogP contribution in [0.15, 0.2) is 12.2 Å². The van der Waals surface area contributed by atoms with Gasteiger partial charge in [-0.15, -0.1) is 0 Å². The first kappa shape index (κ1) is 26.9.